The van der Waals surface area contributed by atoms with Crippen LogP contribution in [0.25, 0.3) is 0 Å². The third kappa shape index (κ3) is 1.67. The van der Waals surface area contributed by atoms with Crippen LogP contribution in [0.3, 0.4) is 0 Å². The van der Waals surface area contributed by atoms with Gasteiger partial charge in [0.1, 0.15) is 11.1 Å². The molecular weight excluding hydrogens is 170 g/mol. The van der Waals surface area contributed by atoms with Crippen LogP contribution in [-0.2, 0) is 4.74 Å². The Morgan fingerprint density at radius 2 is 2.58 bits per heavy atom. The average Bonchev–Trinajstić information content (AvgIpc) is 2.77. The van der Waals surface area contributed by atoms with Gasteiger partial charge < -0.3 is 4.74 Å². The van der Waals surface area contributed by atoms with Crippen molar-refractivity contribution in [2.75, 3.05) is 6.61 Å². The second kappa shape index (κ2) is 3.54. The van der Waals surface area contributed by atoms with E-state index in [1.165, 1.54) is 12.8 Å². The highest BCUT2D eigenvalue weighted by Crippen LogP contribution is 2.43. The first-order chi connectivity index (χ1) is 5.92. The van der Waals surface area contributed by atoms with Gasteiger partial charge in [0.05, 0.1) is 0 Å². The van der Waals surface area contributed by atoms with Crippen molar-refractivity contribution in [3.05, 3.63) is 16.6 Å². The van der Waals surface area contributed by atoms with Crippen molar-refractivity contribution in [3.8, 4) is 0 Å². The maximum atomic E-state index is 5.66. The van der Waals surface area contributed by atoms with Crippen molar-refractivity contribution in [2.45, 2.75) is 25.9 Å². The second-order valence-corrected chi connectivity index (χ2v) is 4.01. The number of aromatic nitrogens is 1. The molecule has 1 aromatic heterocycles. The topological polar surface area (TPSA) is 22.1 Å². The van der Waals surface area contributed by atoms with Crippen molar-refractivity contribution in [1.82, 2.24) is 4.98 Å². The Hall–Kier alpha value is -0.410. The Morgan fingerprint density at radius 1 is 1.75 bits per heavy atom. The van der Waals surface area contributed by atoms with E-state index in [0.29, 0.717) is 0 Å². The lowest BCUT2D eigenvalue weighted by Crippen LogP contribution is -2.05. The first-order valence-electron chi connectivity index (χ1n) is 4.42. The summed E-state index contributed by atoms with van der Waals surface area (Å²) in [5.41, 5.74) is 0. The molecule has 1 aliphatic carbocycles. The molecule has 1 aromatic rings. The molecular formula is C9H13NOS. The summed E-state index contributed by atoms with van der Waals surface area (Å²) in [6.45, 7) is 2.84. The van der Waals surface area contributed by atoms with Crippen LogP contribution in [0.5, 0.6) is 0 Å². The molecule has 0 spiro atoms. The van der Waals surface area contributed by atoms with Crippen LogP contribution in [0.2, 0.25) is 0 Å². The lowest BCUT2D eigenvalue weighted by molar-refractivity contribution is 0.0462. The molecule has 1 aliphatic rings. The maximum absolute atomic E-state index is 5.66. The summed E-state index contributed by atoms with van der Waals surface area (Å²) in [6, 6.07) is 0. The van der Waals surface area contributed by atoms with Gasteiger partial charge in [-0.15, -0.1) is 11.3 Å². The number of thiazole rings is 1. The van der Waals surface area contributed by atoms with Gasteiger partial charge in [0.15, 0.2) is 0 Å². The predicted octanol–water partition coefficient (Wildman–Crippen LogP) is 2.63. The molecule has 0 amide bonds. The average molecular weight is 183 g/mol. The summed E-state index contributed by atoms with van der Waals surface area (Å²) < 4.78 is 5.66. The molecule has 1 saturated carbocycles. The summed E-state index contributed by atoms with van der Waals surface area (Å²) in [7, 11) is 0. The van der Waals surface area contributed by atoms with E-state index in [-0.39, 0.29) is 6.10 Å². The van der Waals surface area contributed by atoms with E-state index >= 15 is 0 Å². The molecule has 0 aliphatic heterocycles. The van der Waals surface area contributed by atoms with Crippen LogP contribution >= 0.6 is 11.3 Å². The number of hydrogen-bond acceptors (Lipinski definition) is 3. The number of rotatable bonds is 4. The summed E-state index contributed by atoms with van der Waals surface area (Å²) in [5.74, 6) is 0.746. The van der Waals surface area contributed by atoms with Gasteiger partial charge in [0.25, 0.3) is 0 Å². The fourth-order valence-corrected chi connectivity index (χ4v) is 2.14. The Balaban J connectivity index is 2.05. The lowest BCUT2D eigenvalue weighted by atomic mass is 10.2. The van der Waals surface area contributed by atoms with E-state index in [2.05, 4.69) is 4.98 Å². The van der Waals surface area contributed by atoms with E-state index in [4.69, 9.17) is 4.74 Å². The standard InChI is InChI=1S/C9H13NOS/c1-2-11-8(7-3-4-7)9-10-5-6-12-9/h5-8H,2-4H2,1H3. The highest BCUT2D eigenvalue weighted by atomic mass is 32.1. The second-order valence-electron chi connectivity index (χ2n) is 3.08. The summed E-state index contributed by atoms with van der Waals surface area (Å²) in [5, 5.41) is 3.17. The molecule has 2 nitrogen and oxygen atoms in total. The zero-order chi connectivity index (χ0) is 8.39. The molecule has 0 aromatic carbocycles. The number of hydrogen-bond donors (Lipinski definition) is 0. The van der Waals surface area contributed by atoms with Crippen molar-refractivity contribution in [1.29, 1.82) is 0 Å². The summed E-state index contributed by atoms with van der Waals surface area (Å²) in [4.78, 5) is 4.29. The van der Waals surface area contributed by atoms with Gasteiger partial charge in [-0.25, -0.2) is 4.98 Å². The first-order valence-corrected chi connectivity index (χ1v) is 5.30. The Bertz CT molecular complexity index is 231. The van der Waals surface area contributed by atoms with Gasteiger partial charge >= 0.3 is 0 Å². The van der Waals surface area contributed by atoms with Gasteiger partial charge in [0.2, 0.25) is 0 Å². The van der Waals surface area contributed by atoms with Gasteiger partial charge in [-0.1, -0.05) is 0 Å². The zero-order valence-electron chi connectivity index (χ0n) is 7.19. The quantitative estimate of drug-likeness (QED) is 0.716. The number of ether oxygens (including phenoxy) is 1. The first kappa shape index (κ1) is 8.20. The monoisotopic (exact) mass is 183 g/mol. The third-order valence-corrected chi connectivity index (χ3v) is 2.93. The van der Waals surface area contributed by atoms with Crippen LogP contribution in [0.15, 0.2) is 11.6 Å². The van der Waals surface area contributed by atoms with Crippen LogP contribution in [0, 0.1) is 5.92 Å². The van der Waals surface area contributed by atoms with Crippen molar-refractivity contribution in [3.63, 3.8) is 0 Å². The fourth-order valence-electron chi connectivity index (χ4n) is 1.36. The molecule has 66 valence electrons. The minimum Gasteiger partial charge on any atom is -0.371 e. The smallest absolute Gasteiger partial charge is 0.122 e. The van der Waals surface area contributed by atoms with Gasteiger partial charge in [-0.05, 0) is 25.7 Å². The van der Waals surface area contributed by atoms with Crippen LogP contribution < -0.4 is 0 Å². The Labute approximate surface area is 76.6 Å². The molecule has 0 N–H and O–H groups in total. The van der Waals surface area contributed by atoms with Gasteiger partial charge in [-0.3, -0.25) is 0 Å². The van der Waals surface area contributed by atoms with Crippen LogP contribution in [0.4, 0.5) is 0 Å². The van der Waals surface area contributed by atoms with Crippen molar-refractivity contribution >= 4 is 11.3 Å². The highest BCUT2D eigenvalue weighted by molar-refractivity contribution is 7.09. The summed E-state index contributed by atoms with van der Waals surface area (Å²) in [6.07, 6.45) is 4.76. The minimum absolute atomic E-state index is 0.287. The Kier molecular flexibility index (Phi) is 2.42. The van der Waals surface area contributed by atoms with Crippen molar-refractivity contribution in [2.24, 2.45) is 5.92 Å². The SMILES string of the molecule is CCOC(c1nccs1)C1CC1. The van der Waals surface area contributed by atoms with E-state index in [0.717, 1.165) is 17.5 Å². The molecule has 2 rings (SSSR count). The summed E-state index contributed by atoms with van der Waals surface area (Å²) >= 11 is 1.70. The molecule has 0 radical (unpaired) electrons. The van der Waals surface area contributed by atoms with E-state index in [1.807, 2.05) is 18.5 Å². The molecule has 1 heterocycles. The van der Waals surface area contributed by atoms with E-state index in [1.54, 1.807) is 11.3 Å². The van der Waals surface area contributed by atoms with E-state index < -0.39 is 0 Å². The van der Waals surface area contributed by atoms with Gasteiger partial charge in [-0.2, -0.15) is 0 Å². The number of nitrogens with zero attached hydrogens (tertiary/aromatic N) is 1. The van der Waals surface area contributed by atoms with Crippen molar-refractivity contribution < 1.29 is 4.74 Å². The fraction of sp³-hybridized carbons (Fsp3) is 0.667. The van der Waals surface area contributed by atoms with Crippen LogP contribution in [0.1, 0.15) is 30.9 Å². The molecule has 0 saturated heterocycles. The van der Waals surface area contributed by atoms with E-state index in [9.17, 15) is 0 Å². The molecule has 1 fully saturated rings. The molecule has 0 bridgehead atoms. The Morgan fingerprint density at radius 3 is 3.08 bits per heavy atom. The highest BCUT2D eigenvalue weighted by Gasteiger charge is 2.34. The molecule has 3 heteroatoms. The third-order valence-electron chi connectivity index (χ3n) is 2.09. The maximum Gasteiger partial charge on any atom is 0.122 e. The zero-order valence-corrected chi connectivity index (χ0v) is 8.01. The molecule has 12 heavy (non-hydrogen) atoms. The lowest BCUT2D eigenvalue weighted by Gasteiger charge is -2.12. The largest absolute Gasteiger partial charge is 0.371 e. The van der Waals surface area contributed by atoms with Gasteiger partial charge in [0, 0.05) is 18.2 Å². The predicted molar refractivity (Wildman–Crippen MR) is 49.2 cm³/mol. The minimum atomic E-state index is 0.287. The van der Waals surface area contributed by atoms with Crippen LogP contribution in [-0.4, -0.2) is 11.6 Å². The normalized spacial score (nSPS) is 19.4. The molecule has 1 atom stereocenters. The molecule has 1 unspecified atom stereocenters.